The summed E-state index contributed by atoms with van der Waals surface area (Å²) >= 11 is 3.60. The van der Waals surface area contributed by atoms with Crippen LogP contribution in [-0.2, 0) is 6.54 Å². The number of nitrogens with one attached hydrogen (secondary N) is 1. The summed E-state index contributed by atoms with van der Waals surface area (Å²) in [7, 11) is 2.01. The van der Waals surface area contributed by atoms with Crippen molar-refractivity contribution in [1.29, 1.82) is 0 Å². The number of halogens is 1. The van der Waals surface area contributed by atoms with E-state index in [9.17, 15) is 0 Å². The Bertz CT molecular complexity index is 339. The zero-order valence-corrected chi connectivity index (χ0v) is 12.4. The fourth-order valence-corrected chi connectivity index (χ4v) is 2.55. The smallest absolute Gasteiger partial charge is 0.0700 e. The number of nitrogens with zero attached hydrogens (tertiary/aromatic N) is 2. The van der Waals surface area contributed by atoms with Crippen molar-refractivity contribution < 1.29 is 0 Å². The van der Waals surface area contributed by atoms with Crippen molar-refractivity contribution in [1.82, 2.24) is 15.1 Å². The van der Waals surface area contributed by atoms with Crippen molar-refractivity contribution in [3.05, 3.63) is 16.4 Å². The average molecular weight is 288 g/mol. The highest BCUT2D eigenvalue weighted by Crippen LogP contribution is 2.36. The van der Waals surface area contributed by atoms with Crippen LogP contribution in [0.5, 0.6) is 0 Å². The third kappa shape index (κ3) is 2.86. The Kier molecular flexibility index (Phi) is 4.56. The van der Waals surface area contributed by atoms with E-state index in [0.717, 1.165) is 17.4 Å². The lowest BCUT2D eigenvalue weighted by atomic mass is 9.85. The van der Waals surface area contributed by atoms with Gasteiger partial charge in [0.25, 0.3) is 0 Å². The van der Waals surface area contributed by atoms with E-state index in [4.69, 9.17) is 0 Å². The molecule has 1 heterocycles. The molecule has 0 aliphatic carbocycles. The second-order valence-corrected chi connectivity index (χ2v) is 6.04. The summed E-state index contributed by atoms with van der Waals surface area (Å²) in [5.74, 6) is 0. The predicted octanol–water partition coefficient (Wildman–Crippen LogP) is 3.36. The first kappa shape index (κ1) is 13.7. The lowest BCUT2D eigenvalue weighted by Gasteiger charge is -2.31. The average Bonchev–Trinajstić information content (AvgIpc) is 2.49. The molecule has 0 bridgehead atoms. The van der Waals surface area contributed by atoms with E-state index < -0.39 is 0 Å². The molecule has 1 aromatic heterocycles. The van der Waals surface area contributed by atoms with Gasteiger partial charge in [0.1, 0.15) is 0 Å². The first-order valence-corrected chi connectivity index (χ1v) is 6.59. The molecule has 0 spiro atoms. The fourth-order valence-electron chi connectivity index (χ4n) is 2.03. The van der Waals surface area contributed by atoms with Crippen LogP contribution in [0.2, 0.25) is 0 Å². The van der Waals surface area contributed by atoms with Crippen LogP contribution in [0.25, 0.3) is 0 Å². The van der Waals surface area contributed by atoms with Gasteiger partial charge in [-0.05, 0) is 34.8 Å². The van der Waals surface area contributed by atoms with Crippen molar-refractivity contribution in [2.75, 3.05) is 7.05 Å². The van der Waals surface area contributed by atoms with E-state index >= 15 is 0 Å². The number of rotatable bonds is 4. The Morgan fingerprint density at radius 1 is 1.50 bits per heavy atom. The Labute approximate surface area is 107 Å². The van der Waals surface area contributed by atoms with Gasteiger partial charge in [0.15, 0.2) is 0 Å². The molecular weight excluding hydrogens is 266 g/mol. The normalized spacial score (nSPS) is 14.1. The molecule has 1 N–H and O–H groups in total. The summed E-state index contributed by atoms with van der Waals surface area (Å²) in [5.41, 5.74) is 1.42. The molecule has 0 aromatic carbocycles. The number of hydrogen-bond acceptors (Lipinski definition) is 2. The molecule has 4 heteroatoms. The molecule has 3 nitrogen and oxygen atoms in total. The van der Waals surface area contributed by atoms with Gasteiger partial charge in [0.05, 0.1) is 22.4 Å². The first-order chi connectivity index (χ1) is 7.41. The quantitative estimate of drug-likeness (QED) is 0.920. The van der Waals surface area contributed by atoms with Gasteiger partial charge in [-0.2, -0.15) is 5.10 Å². The van der Waals surface area contributed by atoms with Crippen LogP contribution < -0.4 is 5.32 Å². The molecule has 92 valence electrons. The lowest BCUT2D eigenvalue weighted by molar-refractivity contribution is 0.270. The standard InChI is InChI=1S/C12H22BrN3/c1-6-7-16-10(9(13)8-15-16)11(14-5)12(2,3)4/h8,11,14H,6-7H2,1-5H3. The summed E-state index contributed by atoms with van der Waals surface area (Å²) in [5, 5.41) is 7.81. The molecule has 0 saturated carbocycles. The van der Waals surface area contributed by atoms with Crippen LogP contribution in [0.15, 0.2) is 10.7 Å². The molecule has 0 fully saturated rings. The van der Waals surface area contributed by atoms with Crippen molar-refractivity contribution in [3.8, 4) is 0 Å². The Balaban J connectivity index is 3.13. The molecule has 1 aromatic rings. The van der Waals surface area contributed by atoms with E-state index in [1.807, 2.05) is 13.2 Å². The monoisotopic (exact) mass is 287 g/mol. The highest BCUT2D eigenvalue weighted by Gasteiger charge is 2.29. The van der Waals surface area contributed by atoms with Gasteiger partial charge >= 0.3 is 0 Å². The van der Waals surface area contributed by atoms with Crippen LogP contribution in [0.1, 0.15) is 45.9 Å². The van der Waals surface area contributed by atoms with Gasteiger partial charge < -0.3 is 5.32 Å². The van der Waals surface area contributed by atoms with E-state index in [2.05, 4.69) is 58.7 Å². The van der Waals surface area contributed by atoms with Crippen LogP contribution in [0.4, 0.5) is 0 Å². The molecule has 0 saturated heterocycles. The summed E-state index contributed by atoms with van der Waals surface area (Å²) in [4.78, 5) is 0. The van der Waals surface area contributed by atoms with E-state index in [-0.39, 0.29) is 5.41 Å². The summed E-state index contributed by atoms with van der Waals surface area (Å²) in [6, 6.07) is 0.302. The van der Waals surface area contributed by atoms with Crippen molar-refractivity contribution in [2.24, 2.45) is 5.41 Å². The lowest BCUT2D eigenvalue weighted by Crippen LogP contribution is -2.32. The van der Waals surface area contributed by atoms with Gasteiger partial charge in [-0.15, -0.1) is 0 Å². The zero-order chi connectivity index (χ0) is 12.3. The maximum Gasteiger partial charge on any atom is 0.0700 e. The number of aryl methyl sites for hydroxylation is 1. The third-order valence-electron chi connectivity index (χ3n) is 2.70. The van der Waals surface area contributed by atoms with Crippen molar-refractivity contribution >= 4 is 15.9 Å². The Morgan fingerprint density at radius 3 is 2.56 bits per heavy atom. The van der Waals surface area contributed by atoms with Crippen LogP contribution in [-0.4, -0.2) is 16.8 Å². The minimum Gasteiger partial charge on any atom is -0.311 e. The maximum absolute atomic E-state index is 4.42. The molecule has 16 heavy (non-hydrogen) atoms. The van der Waals surface area contributed by atoms with Gasteiger partial charge in [-0.25, -0.2) is 0 Å². The molecule has 0 amide bonds. The highest BCUT2D eigenvalue weighted by atomic mass is 79.9. The topological polar surface area (TPSA) is 29.9 Å². The van der Waals surface area contributed by atoms with Crippen LogP contribution >= 0.6 is 15.9 Å². The fraction of sp³-hybridized carbons (Fsp3) is 0.750. The zero-order valence-electron chi connectivity index (χ0n) is 10.8. The summed E-state index contributed by atoms with van der Waals surface area (Å²) < 4.78 is 3.19. The van der Waals surface area contributed by atoms with E-state index in [1.54, 1.807) is 0 Å². The third-order valence-corrected chi connectivity index (χ3v) is 3.31. The van der Waals surface area contributed by atoms with Crippen LogP contribution in [0, 0.1) is 5.41 Å². The Hall–Kier alpha value is -0.350. The van der Waals surface area contributed by atoms with Gasteiger partial charge in [0, 0.05) is 6.54 Å². The second-order valence-electron chi connectivity index (χ2n) is 5.19. The van der Waals surface area contributed by atoms with Gasteiger partial charge in [-0.1, -0.05) is 27.7 Å². The summed E-state index contributed by atoms with van der Waals surface area (Å²) in [6.45, 7) is 9.86. The first-order valence-electron chi connectivity index (χ1n) is 5.80. The maximum atomic E-state index is 4.42. The largest absolute Gasteiger partial charge is 0.311 e. The van der Waals surface area contributed by atoms with Crippen molar-refractivity contribution in [2.45, 2.75) is 46.7 Å². The molecule has 0 aliphatic heterocycles. The molecule has 0 radical (unpaired) electrons. The molecule has 1 atom stereocenters. The molecule has 1 unspecified atom stereocenters. The molecule has 1 rings (SSSR count). The summed E-state index contributed by atoms with van der Waals surface area (Å²) in [6.07, 6.45) is 2.99. The minimum atomic E-state index is 0.169. The second kappa shape index (κ2) is 5.32. The van der Waals surface area contributed by atoms with Gasteiger partial charge in [-0.3, -0.25) is 4.68 Å². The van der Waals surface area contributed by atoms with E-state index in [1.165, 1.54) is 5.69 Å². The van der Waals surface area contributed by atoms with Crippen molar-refractivity contribution in [3.63, 3.8) is 0 Å². The number of hydrogen-bond donors (Lipinski definition) is 1. The SMILES string of the molecule is CCCn1ncc(Br)c1C(NC)C(C)(C)C. The predicted molar refractivity (Wildman–Crippen MR) is 71.5 cm³/mol. The highest BCUT2D eigenvalue weighted by molar-refractivity contribution is 9.10. The minimum absolute atomic E-state index is 0.169. The van der Waals surface area contributed by atoms with Gasteiger partial charge in [0.2, 0.25) is 0 Å². The molecular formula is C12H22BrN3. The van der Waals surface area contributed by atoms with Crippen LogP contribution in [0.3, 0.4) is 0 Å². The molecule has 0 aliphatic rings. The Morgan fingerprint density at radius 2 is 2.12 bits per heavy atom. The van der Waals surface area contributed by atoms with E-state index in [0.29, 0.717) is 6.04 Å². The number of aromatic nitrogens is 2.